The van der Waals surface area contributed by atoms with E-state index in [4.69, 9.17) is 26.8 Å². The Hall–Kier alpha value is -3.50. The summed E-state index contributed by atoms with van der Waals surface area (Å²) in [6.45, 7) is 6.05. The third-order valence-corrected chi connectivity index (χ3v) is 5.85. The van der Waals surface area contributed by atoms with Crippen molar-refractivity contribution in [1.29, 1.82) is 0 Å². The number of hydrogen-bond donors (Lipinski definition) is 2. The summed E-state index contributed by atoms with van der Waals surface area (Å²) in [4.78, 5) is 20.9. The first-order valence-electron chi connectivity index (χ1n) is 11.1. The van der Waals surface area contributed by atoms with E-state index in [0.29, 0.717) is 54.4 Å². The van der Waals surface area contributed by atoms with Gasteiger partial charge in [0.25, 0.3) is 0 Å². The number of pyridine rings is 1. The Bertz CT molecular complexity index is 1170. The molecule has 0 amide bonds. The highest BCUT2D eigenvalue weighted by Gasteiger charge is 2.21. The summed E-state index contributed by atoms with van der Waals surface area (Å²) in [7, 11) is 3.59. The molecule has 0 saturated carbocycles. The van der Waals surface area contributed by atoms with Gasteiger partial charge in [-0.15, -0.1) is 0 Å². The Labute approximate surface area is 213 Å². The lowest BCUT2D eigenvalue weighted by Gasteiger charge is -2.26. The molecule has 1 aromatic carbocycles. The number of ether oxygens (including phenoxy) is 2. The molecule has 0 radical (unpaired) electrons. The molecular weight excluding hydrogens is 492 g/mol. The molecule has 1 atom stereocenters. The lowest BCUT2D eigenvalue weighted by atomic mass is 9.95. The van der Waals surface area contributed by atoms with Crippen molar-refractivity contribution in [3.63, 3.8) is 0 Å². The zero-order chi connectivity index (χ0) is 26.2. The van der Waals surface area contributed by atoms with Gasteiger partial charge in [0.1, 0.15) is 23.3 Å². The molecule has 1 saturated heterocycles. The number of nitrogens with two attached hydrogens (primary N) is 1. The number of nitrogens with zero attached hydrogens (tertiary/aromatic N) is 3. The lowest BCUT2D eigenvalue weighted by molar-refractivity contribution is 0.107. The molecular formula is C25H28ClF2N5O3. The number of halogens is 3. The van der Waals surface area contributed by atoms with E-state index in [1.54, 1.807) is 7.05 Å². The summed E-state index contributed by atoms with van der Waals surface area (Å²) in [5, 5.41) is 3.15. The van der Waals surface area contributed by atoms with Gasteiger partial charge in [-0.2, -0.15) is 0 Å². The standard InChI is InChI=1S/C14H17F2N3.C11H11ClN2O3/c1-18-14(9-5-10(15)7-11(16)6-9)12-3-4-19(2)8-13(12)17;1-7-14-4-9(17-7)6-16-11-10(12)8(5-15)2-3-13-11/h5-7H,3-4,8,17H2,1-2H3;2-3,5,9,14H,1,4,6H2. The van der Waals surface area contributed by atoms with Crippen LogP contribution >= 0.6 is 11.6 Å². The summed E-state index contributed by atoms with van der Waals surface area (Å²) in [5.41, 5.74) is 8.98. The Morgan fingerprint density at radius 3 is 2.72 bits per heavy atom. The molecule has 36 heavy (non-hydrogen) atoms. The maximum atomic E-state index is 13.3. The SMILES string of the molecule is C=C1NCC(COc2nccc(C=O)c2Cl)O1.CN=C(C1=C(N)CN(C)CC1)c1cc(F)cc(F)c1. The molecule has 0 bridgehead atoms. The minimum atomic E-state index is -0.608. The minimum absolute atomic E-state index is 0.125. The molecule has 2 aromatic rings. The van der Waals surface area contributed by atoms with Crippen molar-refractivity contribution in [1.82, 2.24) is 15.2 Å². The predicted octanol–water partition coefficient (Wildman–Crippen LogP) is 3.32. The third kappa shape index (κ3) is 7.02. The molecule has 8 nitrogen and oxygen atoms in total. The van der Waals surface area contributed by atoms with Crippen LogP contribution in [0.25, 0.3) is 0 Å². The number of carbonyl (C=O) groups excluding carboxylic acids is 1. The number of benzene rings is 1. The van der Waals surface area contributed by atoms with Gasteiger partial charge in [0.2, 0.25) is 5.88 Å². The van der Waals surface area contributed by atoms with Gasteiger partial charge in [-0.25, -0.2) is 13.8 Å². The number of hydrogen-bond acceptors (Lipinski definition) is 8. The third-order valence-electron chi connectivity index (χ3n) is 5.47. The average Bonchev–Trinajstić information content (AvgIpc) is 3.25. The summed E-state index contributed by atoms with van der Waals surface area (Å²) < 4.78 is 37.3. The zero-order valence-corrected chi connectivity index (χ0v) is 20.8. The number of rotatable bonds is 6. The molecule has 192 valence electrons. The maximum absolute atomic E-state index is 13.3. The summed E-state index contributed by atoms with van der Waals surface area (Å²) in [6.07, 6.45) is 2.73. The summed E-state index contributed by atoms with van der Waals surface area (Å²) in [6, 6.07) is 4.94. The quantitative estimate of drug-likeness (QED) is 0.446. The lowest BCUT2D eigenvalue weighted by Crippen LogP contribution is -2.33. The van der Waals surface area contributed by atoms with Crippen molar-refractivity contribution in [3.8, 4) is 5.88 Å². The van der Waals surface area contributed by atoms with E-state index in [9.17, 15) is 13.6 Å². The molecule has 1 aromatic heterocycles. The first-order valence-corrected chi connectivity index (χ1v) is 11.5. The van der Waals surface area contributed by atoms with Gasteiger partial charge in [0.05, 0.1) is 12.3 Å². The molecule has 2 aliphatic heterocycles. The molecule has 0 aliphatic carbocycles. The van der Waals surface area contributed by atoms with E-state index in [2.05, 4.69) is 26.8 Å². The predicted molar refractivity (Wildman–Crippen MR) is 134 cm³/mol. The Kier molecular flexibility index (Phi) is 9.38. The van der Waals surface area contributed by atoms with Crippen LogP contribution in [0.3, 0.4) is 0 Å². The number of nitrogens with one attached hydrogen (secondary N) is 1. The fraction of sp³-hybridized carbons (Fsp3) is 0.320. The van der Waals surface area contributed by atoms with E-state index in [1.165, 1.54) is 24.4 Å². The largest absolute Gasteiger partial charge is 0.473 e. The van der Waals surface area contributed by atoms with Crippen LogP contribution in [0.15, 0.2) is 59.2 Å². The molecule has 1 unspecified atom stereocenters. The van der Waals surface area contributed by atoms with E-state index < -0.39 is 11.6 Å². The van der Waals surface area contributed by atoms with Crippen molar-refractivity contribution >= 4 is 23.6 Å². The van der Waals surface area contributed by atoms with Gasteiger partial charge < -0.3 is 25.4 Å². The average molecular weight is 520 g/mol. The van der Waals surface area contributed by atoms with E-state index in [0.717, 1.165) is 24.6 Å². The Morgan fingerprint density at radius 2 is 2.14 bits per heavy atom. The number of aromatic nitrogens is 1. The van der Waals surface area contributed by atoms with E-state index in [1.807, 2.05) is 7.05 Å². The first kappa shape index (κ1) is 27.1. The van der Waals surface area contributed by atoms with Gasteiger partial charge in [0, 0.05) is 49.2 Å². The van der Waals surface area contributed by atoms with Gasteiger partial charge in [-0.05, 0) is 43.8 Å². The van der Waals surface area contributed by atoms with E-state index in [-0.39, 0.29) is 17.0 Å². The molecule has 2 aliphatic rings. The minimum Gasteiger partial charge on any atom is -0.473 e. The van der Waals surface area contributed by atoms with Crippen LogP contribution in [0.4, 0.5) is 8.78 Å². The second-order valence-electron chi connectivity index (χ2n) is 8.21. The maximum Gasteiger partial charge on any atom is 0.233 e. The van der Waals surface area contributed by atoms with Crippen LogP contribution in [-0.4, -0.2) is 68.3 Å². The van der Waals surface area contributed by atoms with Crippen molar-refractivity contribution in [2.45, 2.75) is 12.5 Å². The monoisotopic (exact) mass is 519 g/mol. The van der Waals surface area contributed by atoms with E-state index >= 15 is 0 Å². The Morgan fingerprint density at radius 1 is 1.42 bits per heavy atom. The number of carbonyl (C=O) groups is 1. The number of likely N-dealkylation sites (N-methyl/N-ethyl adjacent to an activating group) is 1. The van der Waals surface area contributed by atoms with Gasteiger partial charge in [-0.1, -0.05) is 11.6 Å². The van der Waals surface area contributed by atoms with Crippen molar-refractivity contribution in [2.75, 3.05) is 40.3 Å². The molecule has 3 heterocycles. The fourth-order valence-corrected chi connectivity index (χ4v) is 3.95. The molecule has 0 spiro atoms. The first-order chi connectivity index (χ1) is 17.2. The highest BCUT2D eigenvalue weighted by molar-refractivity contribution is 6.34. The van der Waals surface area contributed by atoms with Crippen LogP contribution in [0.5, 0.6) is 5.88 Å². The smallest absolute Gasteiger partial charge is 0.233 e. The highest BCUT2D eigenvalue weighted by atomic mass is 35.5. The molecule has 1 fully saturated rings. The van der Waals surface area contributed by atoms with Crippen molar-refractivity contribution < 1.29 is 23.0 Å². The summed E-state index contributed by atoms with van der Waals surface area (Å²) >= 11 is 5.93. The molecule has 3 N–H and O–H groups in total. The molecule has 11 heteroatoms. The molecule has 4 rings (SSSR count). The van der Waals surface area contributed by atoms with Gasteiger partial charge in [-0.3, -0.25) is 9.79 Å². The van der Waals surface area contributed by atoms with Crippen LogP contribution < -0.4 is 15.8 Å². The van der Waals surface area contributed by atoms with Gasteiger partial charge in [0.15, 0.2) is 18.3 Å². The normalized spacial score (nSPS) is 18.2. The second-order valence-corrected chi connectivity index (χ2v) is 8.59. The zero-order valence-electron chi connectivity index (χ0n) is 20.1. The van der Waals surface area contributed by atoms with Crippen molar-refractivity contribution in [3.05, 3.63) is 82.0 Å². The van der Waals surface area contributed by atoms with Gasteiger partial charge >= 0.3 is 0 Å². The highest BCUT2D eigenvalue weighted by Crippen LogP contribution is 2.25. The van der Waals surface area contributed by atoms with Crippen LogP contribution in [0.1, 0.15) is 22.3 Å². The topological polar surface area (TPSA) is 102 Å². The number of aldehydes is 1. The van der Waals surface area contributed by atoms with Crippen molar-refractivity contribution in [2.24, 2.45) is 10.7 Å². The van der Waals surface area contributed by atoms with Crippen LogP contribution in [-0.2, 0) is 4.74 Å². The Balaban J connectivity index is 0.000000202. The summed E-state index contributed by atoms with van der Waals surface area (Å²) in [5.74, 6) is -0.455. The van der Waals surface area contributed by atoms with Crippen LogP contribution in [0, 0.1) is 11.6 Å². The fourth-order valence-electron chi connectivity index (χ4n) is 3.74. The number of aliphatic imine (C=N–C) groups is 1. The van der Waals surface area contributed by atoms with Crippen LogP contribution in [0.2, 0.25) is 5.02 Å². The second kappa shape index (κ2) is 12.5.